The Labute approximate surface area is 360 Å². The van der Waals surface area contributed by atoms with Crippen molar-refractivity contribution in [1.29, 1.82) is 0 Å². The molecule has 0 unspecified atom stereocenters. The molecular weight excluding hydrogens is 847 g/mol. The maximum absolute atomic E-state index is 13.7. The molecule has 0 bridgehead atoms. The molecule has 26 heteroatoms. The number of thioether (sulfide) groups is 1. The lowest BCUT2D eigenvalue weighted by atomic mass is 9.96. The topological polar surface area (TPSA) is 422 Å². The van der Waals surface area contributed by atoms with Crippen LogP contribution in [-0.2, 0) is 57.5 Å². The lowest BCUT2D eigenvalue weighted by Gasteiger charge is -2.29. The third-order valence-electron chi connectivity index (χ3n) is 8.85. The molecule has 0 aromatic heterocycles. The molecule has 9 atom stereocenters. The first-order valence-corrected chi connectivity index (χ1v) is 20.7. The van der Waals surface area contributed by atoms with E-state index >= 15 is 0 Å². The number of aliphatic carboxylic acids is 4. The monoisotopic (exact) mass is 905 g/mol. The van der Waals surface area contributed by atoms with E-state index < -0.39 is 151 Å². The number of nitrogens with two attached hydrogens (primary N) is 2. The van der Waals surface area contributed by atoms with E-state index in [-0.39, 0.29) is 30.9 Å². The Bertz CT molecular complexity index is 1660. The van der Waals surface area contributed by atoms with Crippen LogP contribution in [0, 0.1) is 11.8 Å². The van der Waals surface area contributed by atoms with Gasteiger partial charge in [0, 0.05) is 0 Å². The Balaban J connectivity index is 6.54. The third kappa shape index (κ3) is 21.5. The quantitative estimate of drug-likeness (QED) is 0.0326. The van der Waals surface area contributed by atoms with Crippen molar-refractivity contribution in [2.45, 2.75) is 128 Å². The highest BCUT2D eigenvalue weighted by molar-refractivity contribution is 7.98. The summed E-state index contributed by atoms with van der Waals surface area (Å²) in [6, 6.07) is -13.1. The number of rotatable bonds is 30. The van der Waals surface area contributed by atoms with Crippen molar-refractivity contribution in [2.75, 3.05) is 12.0 Å². The second kappa shape index (κ2) is 27.7. The summed E-state index contributed by atoms with van der Waals surface area (Å²) in [5.74, 6) is -16.1. The predicted molar refractivity (Wildman–Crippen MR) is 217 cm³/mol. The largest absolute Gasteiger partial charge is 0.481 e. The summed E-state index contributed by atoms with van der Waals surface area (Å²) in [6.45, 7) is 7.90. The smallest absolute Gasteiger partial charge is 0.326 e. The van der Waals surface area contributed by atoms with E-state index in [1.165, 1.54) is 25.6 Å². The Morgan fingerprint density at radius 2 is 0.887 bits per heavy atom. The number of nitrogens with one attached hydrogen (secondary N) is 7. The van der Waals surface area contributed by atoms with Crippen LogP contribution in [0.15, 0.2) is 0 Å². The van der Waals surface area contributed by atoms with Gasteiger partial charge in [0.2, 0.25) is 47.3 Å². The van der Waals surface area contributed by atoms with Crippen LogP contribution in [-0.4, -0.2) is 152 Å². The van der Waals surface area contributed by atoms with Gasteiger partial charge in [-0.2, -0.15) is 11.8 Å². The molecule has 62 heavy (non-hydrogen) atoms. The van der Waals surface area contributed by atoms with Crippen molar-refractivity contribution in [2.24, 2.45) is 23.3 Å². The van der Waals surface area contributed by atoms with Gasteiger partial charge in [0.15, 0.2) is 0 Å². The molecule has 0 fully saturated rings. The van der Waals surface area contributed by atoms with Gasteiger partial charge in [-0.1, -0.05) is 34.1 Å². The van der Waals surface area contributed by atoms with E-state index in [0.29, 0.717) is 0 Å². The van der Waals surface area contributed by atoms with Crippen LogP contribution in [0.2, 0.25) is 0 Å². The summed E-state index contributed by atoms with van der Waals surface area (Å²) in [7, 11) is 0. The Morgan fingerprint density at radius 3 is 1.29 bits per heavy atom. The van der Waals surface area contributed by atoms with Crippen LogP contribution in [0.4, 0.5) is 0 Å². The van der Waals surface area contributed by atoms with Gasteiger partial charge in [0.1, 0.15) is 42.3 Å². The Hall–Kier alpha value is -6.05. The number of carboxylic acid groups (broad SMARTS) is 4. The maximum atomic E-state index is 13.7. The van der Waals surface area contributed by atoms with E-state index in [9.17, 15) is 72.9 Å². The number of hydrogen-bond acceptors (Lipinski definition) is 14. The average Bonchev–Trinajstić information content (AvgIpc) is 3.15. The number of primary amides is 1. The minimum atomic E-state index is -2.02. The molecule has 0 aliphatic heterocycles. The second-order valence-corrected chi connectivity index (χ2v) is 15.7. The van der Waals surface area contributed by atoms with Crippen molar-refractivity contribution in [3.05, 3.63) is 0 Å². The lowest BCUT2D eigenvalue weighted by Crippen LogP contribution is -2.61. The van der Waals surface area contributed by atoms with Gasteiger partial charge in [0.25, 0.3) is 0 Å². The molecule has 0 saturated heterocycles. The van der Waals surface area contributed by atoms with E-state index in [4.69, 9.17) is 16.6 Å². The van der Waals surface area contributed by atoms with Crippen LogP contribution in [0.5, 0.6) is 0 Å². The minimum absolute atomic E-state index is 0.0638. The van der Waals surface area contributed by atoms with Gasteiger partial charge < -0.3 is 69.1 Å². The van der Waals surface area contributed by atoms with Crippen LogP contribution in [0.3, 0.4) is 0 Å². The first-order chi connectivity index (χ1) is 28.7. The zero-order chi connectivity index (χ0) is 48.0. The van der Waals surface area contributed by atoms with Gasteiger partial charge in [-0.05, 0) is 43.6 Å². The summed E-state index contributed by atoms with van der Waals surface area (Å²) in [6.07, 6.45) is -2.37. The number of hydrogen-bond donors (Lipinski definition) is 13. The van der Waals surface area contributed by atoms with E-state index in [1.807, 2.05) is 5.32 Å². The molecule has 0 heterocycles. The molecule has 0 aromatic carbocycles. The zero-order valence-corrected chi connectivity index (χ0v) is 36.0. The fourth-order valence-corrected chi connectivity index (χ4v) is 5.84. The molecule has 0 aliphatic rings. The molecule has 25 nitrogen and oxygen atoms in total. The van der Waals surface area contributed by atoms with Crippen molar-refractivity contribution < 1.29 is 78.0 Å². The van der Waals surface area contributed by atoms with Gasteiger partial charge in [-0.25, -0.2) is 4.79 Å². The lowest BCUT2D eigenvalue weighted by molar-refractivity contribution is -0.147. The summed E-state index contributed by atoms with van der Waals surface area (Å²) < 4.78 is 0. The van der Waals surface area contributed by atoms with Crippen molar-refractivity contribution in [3.63, 3.8) is 0 Å². The molecule has 350 valence electrons. The number of amides is 8. The number of carboxylic acids is 4. The van der Waals surface area contributed by atoms with Gasteiger partial charge >= 0.3 is 23.9 Å². The van der Waals surface area contributed by atoms with Crippen LogP contribution >= 0.6 is 11.8 Å². The van der Waals surface area contributed by atoms with Crippen molar-refractivity contribution >= 4 is 82.9 Å². The normalized spacial score (nSPS) is 15.3. The average molecular weight is 906 g/mol. The Morgan fingerprint density at radius 1 is 0.516 bits per heavy atom. The fourth-order valence-electron chi connectivity index (χ4n) is 5.37. The number of carbonyl (C=O) groups excluding carboxylic acids is 8. The first-order valence-electron chi connectivity index (χ1n) is 19.3. The summed E-state index contributed by atoms with van der Waals surface area (Å²) in [5.41, 5.74) is 10.9. The molecule has 0 aliphatic carbocycles. The molecule has 0 rings (SSSR count). The predicted octanol–water partition coefficient (Wildman–Crippen LogP) is -4.04. The van der Waals surface area contributed by atoms with E-state index in [0.717, 1.165) is 0 Å². The maximum Gasteiger partial charge on any atom is 0.326 e. The summed E-state index contributed by atoms with van der Waals surface area (Å²) >= 11 is 1.21. The van der Waals surface area contributed by atoms with Crippen molar-refractivity contribution in [1.82, 2.24) is 37.2 Å². The third-order valence-corrected chi connectivity index (χ3v) is 9.49. The first kappa shape index (κ1) is 55.9. The van der Waals surface area contributed by atoms with E-state index in [1.54, 1.807) is 27.0 Å². The van der Waals surface area contributed by atoms with Crippen LogP contribution in [0.25, 0.3) is 0 Å². The highest BCUT2D eigenvalue weighted by atomic mass is 32.2. The summed E-state index contributed by atoms with van der Waals surface area (Å²) in [5, 5.41) is 53.1. The van der Waals surface area contributed by atoms with Crippen LogP contribution in [0.1, 0.15) is 79.6 Å². The van der Waals surface area contributed by atoms with Gasteiger partial charge in [0.05, 0.1) is 31.7 Å². The molecule has 8 amide bonds. The highest BCUT2D eigenvalue weighted by Crippen LogP contribution is 2.12. The molecule has 0 saturated carbocycles. The van der Waals surface area contributed by atoms with Gasteiger partial charge in [-0.15, -0.1) is 0 Å². The fraction of sp³-hybridized carbons (Fsp3) is 0.667. The minimum Gasteiger partial charge on any atom is -0.481 e. The SMILES string of the molecule is CC[C@H](C)[C@H](NC(=O)[C@H](CC(=O)O)NC(=O)[C@H](CC(C)C)NC(=O)[C@H](C)N)C(=O)N[C@@H](CC(=O)O)C(=O)N[C@@H](CC(N)=O)C(=O)N[C@@H](CCSC)C(=O)N[C@@H](CC(=O)O)C(=O)O. The molecule has 0 aromatic rings. The highest BCUT2D eigenvalue weighted by Gasteiger charge is 2.37. The molecule has 15 N–H and O–H groups in total. The molecular formula is C36H59N9O16S. The molecule has 0 radical (unpaired) electrons. The van der Waals surface area contributed by atoms with Crippen molar-refractivity contribution in [3.8, 4) is 0 Å². The second-order valence-electron chi connectivity index (χ2n) is 14.7. The summed E-state index contributed by atoms with van der Waals surface area (Å²) in [4.78, 5) is 151. The standard InChI is InChI=1S/C36H59N9O16S/c1-7-16(4)28(45-34(58)22(13-26(49)50)42-31(55)19(10-15(2)3)40-29(53)17(5)37)35(59)43-21(12-25(47)48)33(57)41-20(11-24(38)46)32(56)39-18(8-9-62-6)30(54)44-23(36(60)61)14-27(51)52/h15-23,28H,7-14,37H2,1-6H3,(H2,38,46)(H,39,56)(H,40,53)(H,41,57)(H,42,55)(H,43,59)(H,44,54)(H,45,58)(H,47,48)(H,49,50)(H,51,52)(H,60,61)/t16-,17-,18-,19-,20-,21-,22-,23-,28-/m0/s1. The number of carbonyl (C=O) groups is 12. The molecule has 0 spiro atoms. The zero-order valence-electron chi connectivity index (χ0n) is 35.2. The Kier molecular flexibility index (Phi) is 25.0. The van der Waals surface area contributed by atoms with Crippen LogP contribution < -0.4 is 48.7 Å². The van der Waals surface area contributed by atoms with Gasteiger partial charge in [-0.3, -0.25) is 52.7 Å². The van der Waals surface area contributed by atoms with E-state index in [2.05, 4.69) is 31.9 Å².